The summed E-state index contributed by atoms with van der Waals surface area (Å²) in [7, 11) is 3.74. The fraction of sp³-hybridized carbons (Fsp3) is 0.923. The van der Waals surface area contributed by atoms with Crippen LogP contribution in [0.4, 0.5) is 0 Å². The third kappa shape index (κ3) is 4.23. The van der Waals surface area contributed by atoms with Gasteiger partial charge < -0.3 is 20.3 Å². The van der Waals surface area contributed by atoms with E-state index in [1.54, 1.807) is 7.11 Å². The number of hydrogen-bond donors (Lipinski definition) is 2. The maximum absolute atomic E-state index is 12.2. The van der Waals surface area contributed by atoms with E-state index < -0.39 is 0 Å². The summed E-state index contributed by atoms with van der Waals surface area (Å²) >= 11 is 0. The Hall–Kier alpha value is -0.650. The minimum atomic E-state index is -0.314. The zero-order chi connectivity index (χ0) is 13.4. The van der Waals surface area contributed by atoms with Crippen molar-refractivity contribution in [2.24, 2.45) is 0 Å². The van der Waals surface area contributed by atoms with Crippen LogP contribution in [0.2, 0.25) is 0 Å². The quantitative estimate of drug-likeness (QED) is 0.653. The van der Waals surface area contributed by atoms with Crippen LogP contribution in [0, 0.1) is 0 Å². The number of ether oxygens (including phenoxy) is 1. The van der Waals surface area contributed by atoms with Gasteiger partial charge in [-0.2, -0.15) is 0 Å². The number of hydrogen-bond acceptors (Lipinski definition) is 4. The largest absolute Gasteiger partial charge is 0.383 e. The first kappa shape index (κ1) is 15.4. The third-order valence-corrected chi connectivity index (χ3v) is 3.74. The molecule has 1 fully saturated rings. The highest BCUT2D eigenvalue weighted by Gasteiger charge is 2.38. The maximum atomic E-state index is 12.2. The monoisotopic (exact) mass is 257 g/mol. The van der Waals surface area contributed by atoms with Crippen molar-refractivity contribution in [1.29, 1.82) is 0 Å². The van der Waals surface area contributed by atoms with Crippen LogP contribution >= 0.6 is 0 Å². The topological polar surface area (TPSA) is 53.6 Å². The Balaban J connectivity index is 2.24. The van der Waals surface area contributed by atoms with Gasteiger partial charge >= 0.3 is 0 Å². The van der Waals surface area contributed by atoms with E-state index in [9.17, 15) is 4.79 Å². The second-order valence-corrected chi connectivity index (χ2v) is 5.02. The van der Waals surface area contributed by atoms with Crippen LogP contribution in [0.25, 0.3) is 0 Å². The molecule has 0 radical (unpaired) electrons. The van der Waals surface area contributed by atoms with Crippen LogP contribution in [0.1, 0.15) is 26.2 Å². The summed E-state index contributed by atoms with van der Waals surface area (Å²) in [6.45, 7) is 6.20. The molecule has 0 aromatic rings. The van der Waals surface area contributed by atoms with Gasteiger partial charge in [0.1, 0.15) is 0 Å². The summed E-state index contributed by atoms with van der Waals surface area (Å²) in [5.74, 6) is 0.155. The highest BCUT2D eigenvalue weighted by molar-refractivity contribution is 5.86. The smallest absolute Gasteiger partial charge is 0.240 e. The Kier molecular flexibility index (Phi) is 6.60. The Morgan fingerprint density at radius 1 is 1.50 bits per heavy atom. The van der Waals surface area contributed by atoms with Crippen LogP contribution in [-0.2, 0) is 9.53 Å². The fourth-order valence-electron chi connectivity index (χ4n) is 2.35. The molecule has 1 saturated heterocycles. The van der Waals surface area contributed by atoms with Crippen LogP contribution in [0.3, 0.4) is 0 Å². The highest BCUT2D eigenvalue weighted by atomic mass is 16.5. The minimum Gasteiger partial charge on any atom is -0.383 e. The lowest BCUT2D eigenvalue weighted by Gasteiger charge is -2.27. The van der Waals surface area contributed by atoms with Gasteiger partial charge in [-0.25, -0.2) is 0 Å². The molecule has 18 heavy (non-hydrogen) atoms. The van der Waals surface area contributed by atoms with Crippen LogP contribution < -0.4 is 10.6 Å². The molecule has 0 saturated carbocycles. The normalized spacial score (nSPS) is 23.6. The first-order valence-electron chi connectivity index (χ1n) is 6.85. The molecule has 1 unspecified atom stereocenters. The molecular formula is C13H27N3O2. The number of rotatable bonds is 8. The molecule has 1 aliphatic heterocycles. The van der Waals surface area contributed by atoms with E-state index in [1.807, 2.05) is 7.05 Å². The van der Waals surface area contributed by atoms with Gasteiger partial charge in [0, 0.05) is 26.7 Å². The van der Waals surface area contributed by atoms with E-state index in [0.717, 1.165) is 45.5 Å². The molecule has 0 spiro atoms. The van der Waals surface area contributed by atoms with Crippen molar-refractivity contribution < 1.29 is 9.53 Å². The number of carbonyl (C=O) groups excluding carboxylic acids is 1. The lowest BCUT2D eigenvalue weighted by atomic mass is 9.93. The van der Waals surface area contributed by atoms with Crippen LogP contribution in [-0.4, -0.2) is 63.3 Å². The molecular weight excluding hydrogens is 230 g/mol. The Morgan fingerprint density at radius 2 is 2.28 bits per heavy atom. The van der Waals surface area contributed by atoms with E-state index in [1.165, 1.54) is 0 Å². The minimum absolute atomic E-state index is 0.155. The lowest BCUT2D eigenvalue weighted by molar-refractivity contribution is -0.127. The molecule has 1 rings (SSSR count). The molecule has 1 heterocycles. The van der Waals surface area contributed by atoms with Gasteiger partial charge in [-0.15, -0.1) is 0 Å². The Labute approximate surface area is 110 Å². The second-order valence-electron chi connectivity index (χ2n) is 5.02. The fourth-order valence-corrected chi connectivity index (χ4v) is 2.35. The number of nitrogens with zero attached hydrogens (tertiary/aromatic N) is 1. The molecule has 0 aromatic heterocycles. The summed E-state index contributed by atoms with van der Waals surface area (Å²) in [5.41, 5.74) is -0.314. The predicted molar refractivity (Wildman–Crippen MR) is 72.6 cm³/mol. The molecule has 5 nitrogen and oxygen atoms in total. The van der Waals surface area contributed by atoms with Crippen molar-refractivity contribution in [2.45, 2.75) is 31.7 Å². The van der Waals surface area contributed by atoms with E-state index in [2.05, 4.69) is 22.5 Å². The van der Waals surface area contributed by atoms with Gasteiger partial charge in [0.2, 0.25) is 5.91 Å². The molecule has 0 aliphatic carbocycles. The number of methoxy groups -OCH3 is 1. The zero-order valence-corrected chi connectivity index (χ0v) is 11.9. The first-order chi connectivity index (χ1) is 8.64. The average molecular weight is 257 g/mol. The summed E-state index contributed by atoms with van der Waals surface area (Å²) in [4.78, 5) is 14.3. The first-order valence-corrected chi connectivity index (χ1v) is 6.85. The van der Waals surface area contributed by atoms with Crippen LogP contribution in [0.15, 0.2) is 0 Å². The van der Waals surface area contributed by atoms with Gasteiger partial charge in [0.25, 0.3) is 0 Å². The SMILES string of the molecule is CCC1(C(=O)NCCN(C)CCOC)CCCN1. The highest BCUT2D eigenvalue weighted by Crippen LogP contribution is 2.22. The number of nitrogens with one attached hydrogen (secondary N) is 2. The van der Waals surface area contributed by atoms with E-state index >= 15 is 0 Å². The van der Waals surface area contributed by atoms with Gasteiger partial charge in [-0.05, 0) is 32.9 Å². The summed E-state index contributed by atoms with van der Waals surface area (Å²) in [6, 6.07) is 0. The third-order valence-electron chi connectivity index (χ3n) is 3.74. The van der Waals surface area contributed by atoms with Crippen molar-refractivity contribution >= 4 is 5.91 Å². The van der Waals surface area contributed by atoms with Crippen molar-refractivity contribution in [1.82, 2.24) is 15.5 Å². The molecule has 0 bridgehead atoms. The van der Waals surface area contributed by atoms with Crippen molar-refractivity contribution in [2.75, 3.05) is 46.9 Å². The van der Waals surface area contributed by atoms with Gasteiger partial charge in [-0.3, -0.25) is 4.79 Å². The Morgan fingerprint density at radius 3 is 2.83 bits per heavy atom. The van der Waals surface area contributed by atoms with E-state index in [4.69, 9.17) is 4.74 Å². The van der Waals surface area contributed by atoms with Crippen LogP contribution in [0.5, 0.6) is 0 Å². The van der Waals surface area contributed by atoms with Gasteiger partial charge in [0.15, 0.2) is 0 Å². The average Bonchev–Trinajstić information content (AvgIpc) is 2.86. The summed E-state index contributed by atoms with van der Waals surface area (Å²) in [6.07, 6.45) is 2.90. The number of carbonyl (C=O) groups is 1. The zero-order valence-electron chi connectivity index (χ0n) is 11.9. The van der Waals surface area contributed by atoms with Gasteiger partial charge in [0.05, 0.1) is 12.1 Å². The number of likely N-dealkylation sites (N-methyl/N-ethyl adjacent to an activating group) is 1. The predicted octanol–water partition coefficient (Wildman–Crippen LogP) is 0.213. The molecule has 0 aromatic carbocycles. The van der Waals surface area contributed by atoms with Crippen molar-refractivity contribution in [3.05, 3.63) is 0 Å². The standard InChI is InChI=1S/C13H27N3O2/c1-4-13(6-5-7-15-13)12(17)14-8-9-16(2)10-11-18-3/h15H,4-11H2,1-3H3,(H,14,17). The number of amides is 1. The van der Waals surface area contributed by atoms with Crippen molar-refractivity contribution in [3.8, 4) is 0 Å². The second kappa shape index (κ2) is 7.71. The maximum Gasteiger partial charge on any atom is 0.240 e. The summed E-state index contributed by atoms with van der Waals surface area (Å²) < 4.78 is 5.02. The van der Waals surface area contributed by atoms with E-state index in [-0.39, 0.29) is 11.4 Å². The summed E-state index contributed by atoms with van der Waals surface area (Å²) in [5, 5.41) is 6.39. The molecule has 1 atom stereocenters. The van der Waals surface area contributed by atoms with Crippen molar-refractivity contribution in [3.63, 3.8) is 0 Å². The molecule has 106 valence electrons. The molecule has 2 N–H and O–H groups in total. The molecule has 1 amide bonds. The van der Waals surface area contributed by atoms with E-state index in [0.29, 0.717) is 6.54 Å². The Bertz CT molecular complexity index is 253. The lowest BCUT2D eigenvalue weighted by Crippen LogP contribution is -2.54. The van der Waals surface area contributed by atoms with Gasteiger partial charge in [-0.1, -0.05) is 6.92 Å². The molecule has 1 aliphatic rings. The molecule has 5 heteroatoms.